The molecular weight excluding hydrogens is 381 g/mol. The van der Waals surface area contributed by atoms with E-state index in [0.717, 1.165) is 25.7 Å². The standard InChI is InChI=1S/C15H25N3O2.HI/c1-3-19-11-9-17-15(16-2)18-10-12-20-13-14-7-5-4-6-8-14;/h4-8H,3,9-13H2,1-2H3,(H2,16,17,18);1H. The zero-order valence-corrected chi connectivity index (χ0v) is 15.1. The summed E-state index contributed by atoms with van der Waals surface area (Å²) in [5.74, 6) is 0.771. The molecule has 0 amide bonds. The van der Waals surface area contributed by atoms with Gasteiger partial charge in [-0.25, -0.2) is 0 Å². The summed E-state index contributed by atoms with van der Waals surface area (Å²) in [5, 5.41) is 6.36. The fraction of sp³-hybridized carbons (Fsp3) is 0.533. The fourth-order valence-corrected chi connectivity index (χ4v) is 1.61. The van der Waals surface area contributed by atoms with E-state index in [-0.39, 0.29) is 24.0 Å². The van der Waals surface area contributed by atoms with E-state index < -0.39 is 0 Å². The van der Waals surface area contributed by atoms with Gasteiger partial charge in [-0.05, 0) is 12.5 Å². The summed E-state index contributed by atoms with van der Waals surface area (Å²) in [6.45, 7) is 6.15. The van der Waals surface area contributed by atoms with E-state index in [1.54, 1.807) is 7.05 Å². The first-order chi connectivity index (χ1) is 9.86. The highest BCUT2D eigenvalue weighted by atomic mass is 127. The monoisotopic (exact) mass is 407 g/mol. The van der Waals surface area contributed by atoms with Crippen LogP contribution in [0.25, 0.3) is 0 Å². The molecule has 5 nitrogen and oxygen atoms in total. The number of hydrogen-bond acceptors (Lipinski definition) is 3. The molecule has 0 heterocycles. The summed E-state index contributed by atoms with van der Waals surface area (Å²) < 4.78 is 10.8. The van der Waals surface area contributed by atoms with Crippen molar-refractivity contribution in [2.75, 3.05) is 40.0 Å². The van der Waals surface area contributed by atoms with Gasteiger partial charge in [-0.3, -0.25) is 4.99 Å². The van der Waals surface area contributed by atoms with Crippen molar-refractivity contribution in [1.82, 2.24) is 10.6 Å². The summed E-state index contributed by atoms with van der Waals surface area (Å²) in [5.41, 5.74) is 1.19. The Morgan fingerprint density at radius 2 is 1.67 bits per heavy atom. The van der Waals surface area contributed by atoms with Crippen LogP contribution in [-0.2, 0) is 16.1 Å². The molecule has 120 valence electrons. The predicted molar refractivity (Wildman–Crippen MR) is 97.4 cm³/mol. The Morgan fingerprint density at radius 3 is 2.24 bits per heavy atom. The lowest BCUT2D eigenvalue weighted by Crippen LogP contribution is -2.40. The summed E-state index contributed by atoms with van der Waals surface area (Å²) in [7, 11) is 1.75. The Balaban J connectivity index is 0.00000400. The first-order valence-electron chi connectivity index (χ1n) is 7.00. The molecule has 0 aromatic heterocycles. The first-order valence-corrected chi connectivity index (χ1v) is 7.00. The normalized spacial score (nSPS) is 10.9. The van der Waals surface area contributed by atoms with Gasteiger partial charge >= 0.3 is 0 Å². The van der Waals surface area contributed by atoms with Gasteiger partial charge in [-0.1, -0.05) is 30.3 Å². The molecule has 1 aromatic rings. The lowest BCUT2D eigenvalue weighted by Gasteiger charge is -2.12. The van der Waals surface area contributed by atoms with E-state index in [9.17, 15) is 0 Å². The van der Waals surface area contributed by atoms with Crippen molar-refractivity contribution in [3.8, 4) is 0 Å². The topological polar surface area (TPSA) is 54.9 Å². The molecule has 0 fully saturated rings. The number of rotatable bonds is 9. The highest BCUT2D eigenvalue weighted by molar-refractivity contribution is 14.0. The lowest BCUT2D eigenvalue weighted by atomic mass is 10.2. The van der Waals surface area contributed by atoms with Crippen LogP contribution in [0.4, 0.5) is 0 Å². The molecule has 0 saturated heterocycles. The molecule has 0 saturated carbocycles. The number of nitrogens with one attached hydrogen (secondary N) is 2. The summed E-state index contributed by atoms with van der Waals surface area (Å²) in [6, 6.07) is 10.1. The van der Waals surface area contributed by atoms with Gasteiger partial charge in [0.05, 0.1) is 19.8 Å². The molecule has 0 aliphatic carbocycles. The van der Waals surface area contributed by atoms with E-state index >= 15 is 0 Å². The minimum atomic E-state index is 0. The highest BCUT2D eigenvalue weighted by Gasteiger charge is 1.96. The fourth-order valence-electron chi connectivity index (χ4n) is 1.61. The van der Waals surface area contributed by atoms with E-state index in [0.29, 0.717) is 19.8 Å². The summed E-state index contributed by atoms with van der Waals surface area (Å²) in [6.07, 6.45) is 0. The summed E-state index contributed by atoms with van der Waals surface area (Å²) >= 11 is 0. The number of guanidine groups is 1. The Bertz CT molecular complexity index is 374. The molecule has 0 aliphatic rings. The maximum atomic E-state index is 5.59. The Hall–Kier alpha value is -0.860. The highest BCUT2D eigenvalue weighted by Crippen LogP contribution is 1.99. The van der Waals surface area contributed by atoms with Gasteiger partial charge in [-0.15, -0.1) is 24.0 Å². The third-order valence-corrected chi connectivity index (χ3v) is 2.62. The van der Waals surface area contributed by atoms with E-state index in [1.165, 1.54) is 5.56 Å². The third-order valence-electron chi connectivity index (χ3n) is 2.62. The van der Waals surface area contributed by atoms with Gasteiger partial charge in [0.15, 0.2) is 5.96 Å². The number of benzene rings is 1. The average Bonchev–Trinajstić information content (AvgIpc) is 2.50. The van der Waals surface area contributed by atoms with E-state index in [1.807, 2.05) is 25.1 Å². The summed E-state index contributed by atoms with van der Waals surface area (Å²) in [4.78, 5) is 4.12. The number of aliphatic imine (C=N–C) groups is 1. The van der Waals surface area contributed by atoms with Crippen molar-refractivity contribution in [3.63, 3.8) is 0 Å². The van der Waals surface area contributed by atoms with Gasteiger partial charge in [0, 0.05) is 26.7 Å². The maximum Gasteiger partial charge on any atom is 0.191 e. The molecule has 0 unspecified atom stereocenters. The van der Waals surface area contributed by atoms with Crippen LogP contribution in [0.2, 0.25) is 0 Å². The van der Waals surface area contributed by atoms with Crippen molar-refractivity contribution in [1.29, 1.82) is 0 Å². The number of hydrogen-bond donors (Lipinski definition) is 2. The second-order valence-corrected chi connectivity index (χ2v) is 4.16. The zero-order valence-electron chi connectivity index (χ0n) is 12.8. The predicted octanol–water partition coefficient (Wildman–Crippen LogP) is 2.02. The smallest absolute Gasteiger partial charge is 0.191 e. The van der Waals surface area contributed by atoms with Crippen molar-refractivity contribution in [2.24, 2.45) is 4.99 Å². The van der Waals surface area contributed by atoms with Gasteiger partial charge in [0.2, 0.25) is 0 Å². The molecular formula is C15H26IN3O2. The van der Waals surface area contributed by atoms with Gasteiger partial charge in [0.25, 0.3) is 0 Å². The Labute approximate surface area is 144 Å². The van der Waals surface area contributed by atoms with Gasteiger partial charge < -0.3 is 20.1 Å². The van der Waals surface area contributed by atoms with Crippen LogP contribution in [0.5, 0.6) is 0 Å². The Kier molecular flexibility index (Phi) is 13.5. The van der Waals surface area contributed by atoms with Crippen LogP contribution in [0.3, 0.4) is 0 Å². The molecule has 0 aliphatic heterocycles. The molecule has 0 spiro atoms. The minimum Gasteiger partial charge on any atom is -0.380 e. The van der Waals surface area contributed by atoms with E-state index in [2.05, 4.69) is 27.8 Å². The molecule has 0 bridgehead atoms. The second-order valence-electron chi connectivity index (χ2n) is 4.16. The molecule has 21 heavy (non-hydrogen) atoms. The molecule has 1 rings (SSSR count). The minimum absolute atomic E-state index is 0. The number of ether oxygens (including phenoxy) is 2. The molecule has 0 radical (unpaired) electrons. The SMILES string of the molecule is CCOCCNC(=NC)NCCOCc1ccccc1.I. The molecule has 1 aromatic carbocycles. The van der Waals surface area contributed by atoms with Crippen LogP contribution >= 0.6 is 24.0 Å². The lowest BCUT2D eigenvalue weighted by molar-refractivity contribution is 0.125. The largest absolute Gasteiger partial charge is 0.380 e. The first kappa shape index (κ1) is 20.1. The Morgan fingerprint density at radius 1 is 1.05 bits per heavy atom. The van der Waals surface area contributed by atoms with Crippen LogP contribution in [-0.4, -0.2) is 45.9 Å². The van der Waals surface area contributed by atoms with E-state index in [4.69, 9.17) is 9.47 Å². The number of halogens is 1. The van der Waals surface area contributed by atoms with Crippen LogP contribution in [0.15, 0.2) is 35.3 Å². The van der Waals surface area contributed by atoms with Gasteiger partial charge in [0.1, 0.15) is 0 Å². The maximum absolute atomic E-state index is 5.59. The quantitative estimate of drug-likeness (QED) is 0.285. The van der Waals surface area contributed by atoms with Crippen molar-refractivity contribution in [2.45, 2.75) is 13.5 Å². The average molecular weight is 407 g/mol. The third kappa shape index (κ3) is 10.5. The van der Waals surface area contributed by atoms with Crippen molar-refractivity contribution >= 4 is 29.9 Å². The molecule has 0 atom stereocenters. The molecule has 2 N–H and O–H groups in total. The van der Waals surface area contributed by atoms with Crippen LogP contribution < -0.4 is 10.6 Å². The van der Waals surface area contributed by atoms with Crippen LogP contribution in [0, 0.1) is 0 Å². The van der Waals surface area contributed by atoms with Gasteiger partial charge in [-0.2, -0.15) is 0 Å². The zero-order chi connectivity index (χ0) is 14.5. The number of nitrogens with zero attached hydrogens (tertiary/aromatic N) is 1. The second kappa shape index (κ2) is 14.1. The van der Waals surface area contributed by atoms with Crippen molar-refractivity contribution in [3.05, 3.63) is 35.9 Å². The van der Waals surface area contributed by atoms with Crippen LogP contribution in [0.1, 0.15) is 12.5 Å². The van der Waals surface area contributed by atoms with Crippen molar-refractivity contribution < 1.29 is 9.47 Å². The molecule has 6 heteroatoms.